The monoisotopic (exact) mass is 362 g/mol. The van der Waals surface area contributed by atoms with Gasteiger partial charge in [-0.3, -0.25) is 0 Å². The average Bonchev–Trinajstić information content (AvgIpc) is 2.74. The number of nitrogens with zero attached hydrogens (tertiary/aromatic N) is 2. The first-order chi connectivity index (χ1) is 9.54. The van der Waals surface area contributed by atoms with Gasteiger partial charge < -0.3 is 9.30 Å². The Bertz CT molecular complexity index is 600. The van der Waals surface area contributed by atoms with Crippen molar-refractivity contribution >= 4 is 38.6 Å². The van der Waals surface area contributed by atoms with Crippen molar-refractivity contribution in [1.29, 1.82) is 0 Å². The SMILES string of the molecule is COCCCCn1c(C(C)Cl)nc2cc(F)c(Br)cc21. The second-order valence-electron chi connectivity index (χ2n) is 4.69. The summed E-state index contributed by atoms with van der Waals surface area (Å²) in [6, 6.07) is 3.20. The van der Waals surface area contributed by atoms with Gasteiger partial charge >= 0.3 is 0 Å². The van der Waals surface area contributed by atoms with E-state index in [1.165, 1.54) is 6.07 Å². The Labute approximate surface area is 131 Å². The lowest BCUT2D eigenvalue weighted by Crippen LogP contribution is -2.05. The van der Waals surface area contributed by atoms with Crippen LogP contribution in [0.15, 0.2) is 16.6 Å². The van der Waals surface area contributed by atoms with E-state index >= 15 is 0 Å². The van der Waals surface area contributed by atoms with Gasteiger partial charge in [0.1, 0.15) is 11.6 Å². The predicted octanol–water partition coefficient (Wildman–Crippen LogP) is 4.66. The molecule has 0 N–H and O–H groups in total. The second-order valence-corrected chi connectivity index (χ2v) is 6.20. The molecule has 1 aromatic carbocycles. The van der Waals surface area contributed by atoms with Crippen LogP contribution < -0.4 is 0 Å². The van der Waals surface area contributed by atoms with Crippen LogP contribution in [0, 0.1) is 5.82 Å². The fraction of sp³-hybridized carbons (Fsp3) is 0.500. The fourth-order valence-corrected chi connectivity index (χ4v) is 2.69. The number of aromatic nitrogens is 2. The lowest BCUT2D eigenvalue weighted by atomic mass is 10.3. The predicted molar refractivity (Wildman–Crippen MR) is 82.8 cm³/mol. The Morgan fingerprint density at radius 1 is 1.45 bits per heavy atom. The molecule has 0 aliphatic rings. The molecule has 0 spiro atoms. The van der Waals surface area contributed by atoms with E-state index in [2.05, 4.69) is 25.5 Å². The number of benzene rings is 1. The zero-order chi connectivity index (χ0) is 14.7. The highest BCUT2D eigenvalue weighted by molar-refractivity contribution is 9.10. The zero-order valence-corrected chi connectivity index (χ0v) is 13.8. The number of halogens is 3. The van der Waals surface area contributed by atoms with Gasteiger partial charge in [-0.15, -0.1) is 11.6 Å². The first-order valence-electron chi connectivity index (χ1n) is 6.52. The number of hydrogen-bond donors (Lipinski definition) is 0. The van der Waals surface area contributed by atoms with Gasteiger partial charge in [0.05, 0.1) is 20.9 Å². The lowest BCUT2D eigenvalue weighted by molar-refractivity contribution is 0.191. The molecule has 1 unspecified atom stereocenters. The fourth-order valence-electron chi connectivity index (χ4n) is 2.19. The number of ether oxygens (including phenoxy) is 1. The first kappa shape index (κ1) is 15.7. The summed E-state index contributed by atoms with van der Waals surface area (Å²) >= 11 is 9.41. The summed E-state index contributed by atoms with van der Waals surface area (Å²) in [6.45, 7) is 3.40. The highest BCUT2D eigenvalue weighted by Crippen LogP contribution is 2.28. The molecule has 0 bridgehead atoms. The largest absolute Gasteiger partial charge is 0.385 e. The second kappa shape index (κ2) is 6.87. The first-order valence-corrected chi connectivity index (χ1v) is 7.75. The van der Waals surface area contributed by atoms with Crippen LogP contribution in [0.5, 0.6) is 0 Å². The molecule has 0 radical (unpaired) electrons. The molecule has 1 aromatic heterocycles. The number of hydrogen-bond acceptors (Lipinski definition) is 2. The third-order valence-corrected chi connectivity index (χ3v) is 3.96. The summed E-state index contributed by atoms with van der Waals surface area (Å²) in [7, 11) is 1.69. The molecule has 3 nitrogen and oxygen atoms in total. The van der Waals surface area contributed by atoms with Crippen molar-refractivity contribution < 1.29 is 9.13 Å². The molecule has 0 aliphatic carbocycles. The third-order valence-electron chi connectivity index (χ3n) is 3.16. The summed E-state index contributed by atoms with van der Waals surface area (Å²) in [5, 5.41) is -0.216. The molecule has 110 valence electrons. The van der Waals surface area contributed by atoms with Crippen molar-refractivity contribution in [3.8, 4) is 0 Å². The molecule has 0 amide bonds. The van der Waals surface area contributed by atoms with E-state index in [0.29, 0.717) is 9.99 Å². The molecule has 0 fully saturated rings. The molecule has 6 heteroatoms. The molecule has 2 aromatic rings. The van der Waals surface area contributed by atoms with Gasteiger partial charge in [-0.1, -0.05) is 0 Å². The maximum absolute atomic E-state index is 13.6. The maximum atomic E-state index is 13.6. The quantitative estimate of drug-likeness (QED) is 0.551. The minimum atomic E-state index is -0.310. The van der Waals surface area contributed by atoms with Crippen molar-refractivity contribution in [2.24, 2.45) is 0 Å². The Balaban J connectivity index is 2.37. The minimum absolute atomic E-state index is 0.216. The topological polar surface area (TPSA) is 27.1 Å². The minimum Gasteiger partial charge on any atom is -0.385 e. The standard InChI is InChI=1S/C14H17BrClFN2O/c1-9(16)14-18-12-8-11(17)10(15)7-13(12)19(14)5-3-4-6-20-2/h7-9H,3-6H2,1-2H3. The summed E-state index contributed by atoms with van der Waals surface area (Å²) in [6.07, 6.45) is 1.93. The molecule has 0 saturated heterocycles. The maximum Gasteiger partial charge on any atom is 0.139 e. The van der Waals surface area contributed by atoms with Crippen LogP contribution in [-0.2, 0) is 11.3 Å². The number of alkyl halides is 1. The Morgan fingerprint density at radius 3 is 2.85 bits per heavy atom. The van der Waals surface area contributed by atoms with Crippen LogP contribution in [0.4, 0.5) is 4.39 Å². The Hall–Kier alpha value is -0.650. The average molecular weight is 364 g/mol. The number of rotatable bonds is 6. The molecule has 1 heterocycles. The van der Waals surface area contributed by atoms with Crippen molar-refractivity contribution in [2.75, 3.05) is 13.7 Å². The van der Waals surface area contributed by atoms with Crippen molar-refractivity contribution in [1.82, 2.24) is 9.55 Å². The summed E-state index contributed by atoms with van der Waals surface area (Å²) in [5.41, 5.74) is 1.54. The highest BCUT2D eigenvalue weighted by Gasteiger charge is 2.16. The molecule has 0 saturated carbocycles. The van der Waals surface area contributed by atoms with E-state index in [-0.39, 0.29) is 11.2 Å². The number of methoxy groups -OCH3 is 1. The molecule has 1 atom stereocenters. The smallest absolute Gasteiger partial charge is 0.139 e. The molecular formula is C14H17BrClFN2O. The van der Waals surface area contributed by atoms with E-state index in [1.54, 1.807) is 13.2 Å². The number of aryl methyl sites for hydroxylation is 1. The van der Waals surface area contributed by atoms with Crippen LogP contribution in [0.3, 0.4) is 0 Å². The lowest BCUT2D eigenvalue weighted by Gasteiger charge is -2.10. The van der Waals surface area contributed by atoms with Crippen LogP contribution in [0.25, 0.3) is 11.0 Å². The van der Waals surface area contributed by atoms with Crippen LogP contribution in [-0.4, -0.2) is 23.3 Å². The van der Waals surface area contributed by atoms with Gasteiger partial charge in [-0.25, -0.2) is 9.37 Å². The molecule has 20 heavy (non-hydrogen) atoms. The molecule has 2 rings (SSSR count). The van der Waals surface area contributed by atoms with E-state index in [4.69, 9.17) is 16.3 Å². The Kier molecular flexibility index (Phi) is 5.41. The normalized spacial score (nSPS) is 13.1. The van der Waals surface area contributed by atoms with E-state index in [1.807, 2.05) is 6.92 Å². The number of unbranched alkanes of at least 4 members (excludes halogenated alkanes) is 1. The van der Waals surface area contributed by atoms with Gasteiger partial charge in [-0.2, -0.15) is 0 Å². The van der Waals surface area contributed by atoms with E-state index in [0.717, 1.165) is 37.3 Å². The summed E-state index contributed by atoms with van der Waals surface area (Å²) in [4.78, 5) is 4.45. The van der Waals surface area contributed by atoms with E-state index < -0.39 is 0 Å². The van der Waals surface area contributed by atoms with Crippen LogP contribution in [0.2, 0.25) is 0 Å². The molecule has 0 aliphatic heterocycles. The van der Waals surface area contributed by atoms with Crippen LogP contribution in [0.1, 0.15) is 31.0 Å². The van der Waals surface area contributed by atoms with Crippen LogP contribution >= 0.6 is 27.5 Å². The summed E-state index contributed by atoms with van der Waals surface area (Å²) in [5.74, 6) is 0.465. The van der Waals surface area contributed by atoms with Gasteiger partial charge in [0, 0.05) is 26.3 Å². The number of imidazole rings is 1. The molecular weight excluding hydrogens is 347 g/mol. The summed E-state index contributed by atoms with van der Waals surface area (Å²) < 4.78 is 21.2. The van der Waals surface area contributed by atoms with Gasteiger partial charge in [0.25, 0.3) is 0 Å². The van der Waals surface area contributed by atoms with Gasteiger partial charge in [-0.05, 0) is 41.8 Å². The zero-order valence-electron chi connectivity index (χ0n) is 11.5. The van der Waals surface area contributed by atoms with Crippen molar-refractivity contribution in [2.45, 2.75) is 31.7 Å². The highest BCUT2D eigenvalue weighted by atomic mass is 79.9. The van der Waals surface area contributed by atoms with Gasteiger partial charge in [0.15, 0.2) is 0 Å². The van der Waals surface area contributed by atoms with E-state index in [9.17, 15) is 4.39 Å². The Morgan fingerprint density at radius 2 is 2.20 bits per heavy atom. The number of fused-ring (bicyclic) bond motifs is 1. The van der Waals surface area contributed by atoms with Crippen molar-refractivity contribution in [3.63, 3.8) is 0 Å². The van der Waals surface area contributed by atoms with Gasteiger partial charge in [0.2, 0.25) is 0 Å². The third kappa shape index (κ3) is 3.32. The van der Waals surface area contributed by atoms with Crippen molar-refractivity contribution in [3.05, 3.63) is 28.2 Å².